The number of amides is 2. The van der Waals surface area contributed by atoms with Gasteiger partial charge in [0.25, 0.3) is 6.47 Å². The van der Waals surface area contributed by atoms with E-state index in [0.29, 0.717) is 38.7 Å². The molecule has 0 aliphatic carbocycles. The van der Waals surface area contributed by atoms with Crippen LogP contribution < -0.4 is 16.4 Å². The van der Waals surface area contributed by atoms with Gasteiger partial charge < -0.3 is 21.1 Å². The molecule has 8 nitrogen and oxygen atoms in total. The third-order valence-corrected chi connectivity index (χ3v) is 8.21. The number of nitrogens with one attached hydrogen (secondary N) is 2. The van der Waals surface area contributed by atoms with Crippen molar-refractivity contribution in [1.82, 2.24) is 10.6 Å². The third-order valence-electron chi connectivity index (χ3n) is 8.21. The van der Waals surface area contributed by atoms with Crippen molar-refractivity contribution in [2.75, 3.05) is 13.2 Å². The quantitative estimate of drug-likeness (QED) is 0.0571. The summed E-state index contributed by atoms with van der Waals surface area (Å²) < 4.78 is 4.86. The normalized spacial score (nSPS) is 13.0. The molecule has 4 rings (SSSR count). The standard InChI is InChI=1S/C38H43N3O5/c1-3-10-32(24-46-25-42)41-38(45)31(13-8-9-20-39)23-36(44)35(40-26(2)43)21-27-16-18-28(19-17-27)37-33-14-6-4-11-29(33)22-30-12-5-7-15-34(30)37/h3-7,11-12,14-19,22,25,31-32,35H,1,8-10,13,20-21,23-24,39H2,2H3,(H,40,43)(H,41,45)/t31-,32+,35+/m1/s1. The number of rotatable bonds is 18. The Hall–Kier alpha value is -4.82. The minimum Gasteiger partial charge on any atom is -0.466 e. The predicted octanol–water partition coefficient (Wildman–Crippen LogP) is 5.65. The fourth-order valence-corrected chi connectivity index (χ4v) is 5.95. The van der Waals surface area contributed by atoms with Crippen molar-refractivity contribution in [3.63, 3.8) is 0 Å². The predicted molar refractivity (Wildman–Crippen MR) is 183 cm³/mol. The van der Waals surface area contributed by atoms with E-state index in [4.69, 9.17) is 10.5 Å². The Bertz CT molecular complexity index is 1610. The fourth-order valence-electron chi connectivity index (χ4n) is 5.95. The van der Waals surface area contributed by atoms with Crippen molar-refractivity contribution >= 4 is 45.6 Å². The topological polar surface area (TPSA) is 128 Å². The van der Waals surface area contributed by atoms with E-state index >= 15 is 0 Å². The molecule has 0 aromatic heterocycles. The molecule has 0 aliphatic rings. The van der Waals surface area contributed by atoms with Crippen LogP contribution in [0.3, 0.4) is 0 Å². The Morgan fingerprint density at radius 1 is 0.913 bits per heavy atom. The SMILES string of the molecule is C=CC[C@@H](COC=O)NC(=O)[C@H](CCCCN)CC(=O)[C@H](Cc1ccc(-c2c3ccccc3cc3ccccc23)cc1)NC(C)=O. The first-order valence-corrected chi connectivity index (χ1v) is 15.8. The summed E-state index contributed by atoms with van der Waals surface area (Å²) in [4.78, 5) is 49.9. The number of hydrogen-bond acceptors (Lipinski definition) is 6. The molecule has 3 atom stereocenters. The van der Waals surface area contributed by atoms with Gasteiger partial charge in [-0.3, -0.25) is 19.2 Å². The Kier molecular flexibility index (Phi) is 12.6. The largest absolute Gasteiger partial charge is 0.466 e. The molecule has 4 aromatic carbocycles. The van der Waals surface area contributed by atoms with Gasteiger partial charge in [0.2, 0.25) is 11.8 Å². The van der Waals surface area contributed by atoms with Crippen molar-refractivity contribution in [2.24, 2.45) is 11.7 Å². The second-order valence-electron chi connectivity index (χ2n) is 11.7. The Morgan fingerprint density at radius 2 is 1.57 bits per heavy atom. The monoisotopic (exact) mass is 621 g/mol. The summed E-state index contributed by atoms with van der Waals surface area (Å²) in [5, 5.41) is 10.3. The van der Waals surface area contributed by atoms with Crippen LogP contribution in [0.2, 0.25) is 0 Å². The van der Waals surface area contributed by atoms with Gasteiger partial charge in [-0.1, -0.05) is 85.3 Å². The highest BCUT2D eigenvalue weighted by Crippen LogP contribution is 2.36. The molecule has 46 heavy (non-hydrogen) atoms. The second kappa shape index (κ2) is 17.0. The average molecular weight is 622 g/mol. The van der Waals surface area contributed by atoms with Crippen LogP contribution in [0.1, 0.15) is 44.6 Å². The Balaban J connectivity index is 1.55. The van der Waals surface area contributed by atoms with Gasteiger partial charge in [0.15, 0.2) is 5.78 Å². The van der Waals surface area contributed by atoms with Gasteiger partial charge in [0, 0.05) is 19.3 Å². The van der Waals surface area contributed by atoms with Crippen LogP contribution in [0.5, 0.6) is 0 Å². The third kappa shape index (κ3) is 9.11. The summed E-state index contributed by atoms with van der Waals surface area (Å²) in [6.45, 7) is 5.90. The van der Waals surface area contributed by atoms with E-state index in [2.05, 4.69) is 59.7 Å². The van der Waals surface area contributed by atoms with Gasteiger partial charge in [-0.05, 0) is 76.5 Å². The molecular weight excluding hydrogens is 578 g/mol. The van der Waals surface area contributed by atoms with E-state index < -0.39 is 18.0 Å². The first-order valence-electron chi connectivity index (χ1n) is 15.8. The molecule has 4 N–H and O–H groups in total. The number of unbranched alkanes of at least 4 members (excludes halogenated alkanes) is 1. The minimum absolute atomic E-state index is 0.00378. The van der Waals surface area contributed by atoms with Gasteiger partial charge >= 0.3 is 0 Å². The van der Waals surface area contributed by atoms with Gasteiger partial charge in [0.1, 0.15) is 6.61 Å². The molecule has 0 bridgehead atoms. The average Bonchev–Trinajstić information content (AvgIpc) is 3.05. The number of carbonyl (C=O) groups is 4. The lowest BCUT2D eigenvalue weighted by molar-refractivity contribution is -0.134. The molecule has 0 saturated heterocycles. The number of ether oxygens (including phenoxy) is 1. The van der Waals surface area contributed by atoms with Crippen LogP contribution in [0.4, 0.5) is 0 Å². The minimum atomic E-state index is -0.797. The maximum atomic E-state index is 13.7. The highest BCUT2D eigenvalue weighted by Gasteiger charge is 2.28. The molecule has 2 amide bonds. The van der Waals surface area contributed by atoms with Crippen LogP contribution in [-0.2, 0) is 30.3 Å². The molecule has 240 valence electrons. The fraction of sp³-hybridized carbons (Fsp3) is 0.316. The van der Waals surface area contributed by atoms with E-state index in [0.717, 1.165) is 44.7 Å². The maximum absolute atomic E-state index is 13.7. The first-order chi connectivity index (χ1) is 22.3. The lowest BCUT2D eigenvalue weighted by atomic mass is 9.89. The van der Waals surface area contributed by atoms with Crippen molar-refractivity contribution < 1.29 is 23.9 Å². The zero-order chi connectivity index (χ0) is 32.9. The van der Waals surface area contributed by atoms with E-state index in [9.17, 15) is 19.2 Å². The zero-order valence-electron chi connectivity index (χ0n) is 26.4. The molecule has 8 heteroatoms. The lowest BCUT2D eigenvalue weighted by Gasteiger charge is -2.23. The molecule has 0 spiro atoms. The second-order valence-corrected chi connectivity index (χ2v) is 11.7. The van der Waals surface area contributed by atoms with Crippen molar-refractivity contribution in [2.45, 2.75) is 57.5 Å². The zero-order valence-corrected chi connectivity index (χ0v) is 26.4. The summed E-state index contributed by atoms with van der Waals surface area (Å²) in [6, 6.07) is 25.7. The van der Waals surface area contributed by atoms with Crippen molar-refractivity contribution in [3.8, 4) is 11.1 Å². The van der Waals surface area contributed by atoms with Gasteiger partial charge in [-0.25, -0.2) is 0 Å². The molecule has 4 aromatic rings. The van der Waals surface area contributed by atoms with Crippen LogP contribution in [0.25, 0.3) is 32.7 Å². The molecule has 0 radical (unpaired) electrons. The molecule has 0 unspecified atom stereocenters. The highest BCUT2D eigenvalue weighted by molar-refractivity contribution is 6.12. The number of carbonyl (C=O) groups excluding carboxylic acids is 4. The highest BCUT2D eigenvalue weighted by atomic mass is 16.5. The van der Waals surface area contributed by atoms with E-state index in [1.165, 1.54) is 6.92 Å². The smallest absolute Gasteiger partial charge is 0.293 e. The Morgan fingerprint density at radius 3 is 2.15 bits per heavy atom. The summed E-state index contributed by atoms with van der Waals surface area (Å²) in [5.41, 5.74) is 8.78. The van der Waals surface area contributed by atoms with Crippen molar-refractivity contribution in [3.05, 3.63) is 97.1 Å². The van der Waals surface area contributed by atoms with E-state index in [-0.39, 0.29) is 30.6 Å². The summed E-state index contributed by atoms with van der Waals surface area (Å²) >= 11 is 0. The number of Topliss-reactive ketones (excluding diaryl/α,β-unsaturated/α-hetero) is 1. The molecular formula is C38H43N3O5. The maximum Gasteiger partial charge on any atom is 0.293 e. The van der Waals surface area contributed by atoms with Gasteiger partial charge in [-0.2, -0.15) is 0 Å². The number of nitrogens with two attached hydrogens (primary N) is 1. The number of hydrogen-bond donors (Lipinski definition) is 3. The van der Waals surface area contributed by atoms with Crippen LogP contribution in [-0.4, -0.2) is 49.3 Å². The number of benzene rings is 4. The molecule has 0 heterocycles. The summed E-state index contributed by atoms with van der Waals surface area (Å²) in [5.74, 6) is -1.48. The molecule has 0 aliphatic heterocycles. The van der Waals surface area contributed by atoms with Crippen molar-refractivity contribution in [1.29, 1.82) is 0 Å². The molecule has 0 saturated carbocycles. The lowest BCUT2D eigenvalue weighted by Crippen LogP contribution is -2.45. The van der Waals surface area contributed by atoms with Gasteiger partial charge in [0.05, 0.1) is 12.1 Å². The Labute approximate surface area is 270 Å². The van der Waals surface area contributed by atoms with E-state index in [1.54, 1.807) is 6.08 Å². The van der Waals surface area contributed by atoms with Crippen LogP contribution >= 0.6 is 0 Å². The van der Waals surface area contributed by atoms with Crippen LogP contribution in [0.15, 0.2) is 91.5 Å². The summed E-state index contributed by atoms with van der Waals surface area (Å²) in [6.07, 6.45) is 4.14. The van der Waals surface area contributed by atoms with Crippen LogP contribution in [0, 0.1) is 5.92 Å². The summed E-state index contributed by atoms with van der Waals surface area (Å²) in [7, 11) is 0. The van der Waals surface area contributed by atoms with Gasteiger partial charge in [-0.15, -0.1) is 6.58 Å². The molecule has 0 fully saturated rings. The van der Waals surface area contributed by atoms with E-state index in [1.807, 2.05) is 36.4 Å². The number of fused-ring (bicyclic) bond motifs is 2. The number of ketones is 1. The first kappa shape index (κ1) is 34.1.